The number of aliphatic hydroxyl groups is 2. The van der Waals surface area contributed by atoms with Crippen molar-refractivity contribution >= 4 is 5.78 Å². The van der Waals surface area contributed by atoms with E-state index in [2.05, 4.69) is 0 Å². The maximum atomic E-state index is 11.0. The fraction of sp³-hybridized carbons (Fsp3) is 0.875. The summed E-state index contributed by atoms with van der Waals surface area (Å²) < 4.78 is 5.17. The SMILES string of the molecule is O=C1CC(O)[C@]2(O)CCO[C@@H]2C1. The van der Waals surface area contributed by atoms with Crippen LogP contribution < -0.4 is 0 Å². The summed E-state index contributed by atoms with van der Waals surface area (Å²) in [4.78, 5) is 11.0. The number of ether oxygens (including phenoxy) is 1. The van der Waals surface area contributed by atoms with Crippen LogP contribution in [0.25, 0.3) is 0 Å². The average molecular weight is 172 g/mol. The first kappa shape index (κ1) is 8.16. The van der Waals surface area contributed by atoms with E-state index in [1.807, 2.05) is 0 Å². The van der Waals surface area contributed by atoms with Crippen molar-refractivity contribution in [2.45, 2.75) is 37.1 Å². The molecule has 0 amide bonds. The van der Waals surface area contributed by atoms with Gasteiger partial charge in [0.15, 0.2) is 0 Å². The predicted molar refractivity (Wildman–Crippen MR) is 39.6 cm³/mol. The Hall–Kier alpha value is -0.450. The smallest absolute Gasteiger partial charge is 0.138 e. The van der Waals surface area contributed by atoms with Crippen LogP contribution in [-0.2, 0) is 9.53 Å². The molecular weight excluding hydrogens is 160 g/mol. The zero-order valence-electron chi connectivity index (χ0n) is 6.69. The lowest BCUT2D eigenvalue weighted by Crippen LogP contribution is -2.54. The monoisotopic (exact) mass is 172 g/mol. The molecule has 1 unspecified atom stereocenters. The Bertz CT molecular complexity index is 215. The third-order valence-corrected chi connectivity index (χ3v) is 2.79. The summed E-state index contributed by atoms with van der Waals surface area (Å²) in [7, 11) is 0. The first-order valence-corrected chi connectivity index (χ1v) is 4.16. The Morgan fingerprint density at radius 1 is 1.50 bits per heavy atom. The Kier molecular flexibility index (Phi) is 1.71. The van der Waals surface area contributed by atoms with Gasteiger partial charge in [0.1, 0.15) is 11.4 Å². The summed E-state index contributed by atoms with van der Waals surface area (Å²) in [6.07, 6.45) is -0.671. The van der Waals surface area contributed by atoms with E-state index in [1.165, 1.54) is 0 Å². The molecule has 1 saturated carbocycles. The van der Waals surface area contributed by atoms with Crippen LogP contribution >= 0.6 is 0 Å². The molecule has 12 heavy (non-hydrogen) atoms. The summed E-state index contributed by atoms with van der Waals surface area (Å²) >= 11 is 0. The van der Waals surface area contributed by atoms with Gasteiger partial charge < -0.3 is 14.9 Å². The van der Waals surface area contributed by atoms with Crippen molar-refractivity contribution in [1.82, 2.24) is 0 Å². The van der Waals surface area contributed by atoms with Gasteiger partial charge in [0.05, 0.1) is 18.8 Å². The number of ketones is 1. The molecule has 2 fully saturated rings. The molecule has 0 aromatic carbocycles. The molecule has 68 valence electrons. The molecule has 0 spiro atoms. The van der Waals surface area contributed by atoms with Crippen molar-refractivity contribution in [2.24, 2.45) is 0 Å². The van der Waals surface area contributed by atoms with E-state index in [4.69, 9.17) is 4.74 Å². The third kappa shape index (κ3) is 0.990. The molecule has 4 heteroatoms. The van der Waals surface area contributed by atoms with Crippen molar-refractivity contribution in [3.63, 3.8) is 0 Å². The normalized spacial score (nSPS) is 47.7. The van der Waals surface area contributed by atoms with Gasteiger partial charge in [0, 0.05) is 19.3 Å². The summed E-state index contributed by atoms with van der Waals surface area (Å²) in [6, 6.07) is 0. The fourth-order valence-corrected chi connectivity index (χ4v) is 1.97. The van der Waals surface area contributed by atoms with E-state index in [-0.39, 0.29) is 18.6 Å². The van der Waals surface area contributed by atoms with Crippen molar-refractivity contribution in [3.8, 4) is 0 Å². The Labute approximate surface area is 70.1 Å². The highest BCUT2D eigenvalue weighted by Crippen LogP contribution is 2.36. The standard InChI is InChI=1S/C8H12O4/c9-5-3-6(10)8(11)1-2-12-7(8)4-5/h6-7,10-11H,1-4H2/t6?,7-,8-/m1/s1. The van der Waals surface area contributed by atoms with Crippen LogP contribution in [-0.4, -0.2) is 40.4 Å². The number of aliphatic hydroxyl groups excluding tert-OH is 1. The van der Waals surface area contributed by atoms with Crippen molar-refractivity contribution < 1.29 is 19.7 Å². The van der Waals surface area contributed by atoms with E-state index in [1.54, 1.807) is 0 Å². The number of carbonyl (C=O) groups excluding carboxylic acids is 1. The van der Waals surface area contributed by atoms with Crippen LogP contribution in [0, 0.1) is 0 Å². The highest BCUT2D eigenvalue weighted by atomic mass is 16.5. The first-order chi connectivity index (χ1) is 5.63. The molecule has 4 nitrogen and oxygen atoms in total. The molecule has 3 atom stereocenters. The molecule has 2 aliphatic rings. The van der Waals surface area contributed by atoms with Gasteiger partial charge in [-0.2, -0.15) is 0 Å². The molecular formula is C8H12O4. The largest absolute Gasteiger partial charge is 0.390 e. The number of Topliss-reactive ketones (excluding diaryl/α,β-unsaturated/α-hetero) is 1. The Balaban J connectivity index is 2.22. The lowest BCUT2D eigenvalue weighted by molar-refractivity contribution is -0.156. The van der Waals surface area contributed by atoms with E-state index < -0.39 is 17.8 Å². The minimum atomic E-state index is -1.16. The molecule has 2 N–H and O–H groups in total. The zero-order chi connectivity index (χ0) is 8.77. The van der Waals surface area contributed by atoms with Crippen LogP contribution in [0.15, 0.2) is 0 Å². The minimum Gasteiger partial charge on any atom is -0.390 e. The second-order valence-corrected chi connectivity index (χ2v) is 3.56. The third-order valence-electron chi connectivity index (χ3n) is 2.79. The summed E-state index contributed by atoms with van der Waals surface area (Å²) in [5.41, 5.74) is -1.16. The van der Waals surface area contributed by atoms with E-state index in [0.29, 0.717) is 13.0 Å². The number of hydrogen-bond donors (Lipinski definition) is 2. The number of fused-ring (bicyclic) bond motifs is 1. The summed E-state index contributed by atoms with van der Waals surface area (Å²) in [5, 5.41) is 19.3. The maximum Gasteiger partial charge on any atom is 0.138 e. The summed E-state index contributed by atoms with van der Waals surface area (Å²) in [6.45, 7) is 0.436. The van der Waals surface area contributed by atoms with Crippen LogP contribution in [0.4, 0.5) is 0 Å². The number of hydrogen-bond acceptors (Lipinski definition) is 4. The van der Waals surface area contributed by atoms with Gasteiger partial charge in [0.2, 0.25) is 0 Å². The average Bonchev–Trinajstić information content (AvgIpc) is 2.33. The first-order valence-electron chi connectivity index (χ1n) is 4.16. The van der Waals surface area contributed by atoms with Crippen LogP contribution in [0.3, 0.4) is 0 Å². The molecule has 1 aliphatic heterocycles. The topological polar surface area (TPSA) is 66.8 Å². The fourth-order valence-electron chi connectivity index (χ4n) is 1.97. The maximum absolute atomic E-state index is 11.0. The van der Waals surface area contributed by atoms with Gasteiger partial charge >= 0.3 is 0 Å². The van der Waals surface area contributed by atoms with E-state index in [9.17, 15) is 15.0 Å². The zero-order valence-corrected chi connectivity index (χ0v) is 6.69. The van der Waals surface area contributed by atoms with Gasteiger partial charge in [-0.05, 0) is 0 Å². The number of carbonyl (C=O) groups is 1. The van der Waals surface area contributed by atoms with Crippen molar-refractivity contribution in [2.75, 3.05) is 6.61 Å². The second-order valence-electron chi connectivity index (χ2n) is 3.56. The molecule has 1 aliphatic carbocycles. The van der Waals surface area contributed by atoms with E-state index in [0.717, 1.165) is 0 Å². The molecule has 0 aromatic rings. The summed E-state index contributed by atoms with van der Waals surface area (Å²) in [5.74, 6) is -0.0286. The minimum absolute atomic E-state index is 0.0286. The number of rotatable bonds is 0. The lowest BCUT2D eigenvalue weighted by Gasteiger charge is -2.36. The Morgan fingerprint density at radius 3 is 3.00 bits per heavy atom. The predicted octanol–water partition coefficient (Wildman–Crippen LogP) is -0.770. The quantitative estimate of drug-likeness (QED) is 0.503. The van der Waals surface area contributed by atoms with Gasteiger partial charge in [-0.3, -0.25) is 4.79 Å². The van der Waals surface area contributed by atoms with Gasteiger partial charge in [0.25, 0.3) is 0 Å². The van der Waals surface area contributed by atoms with Gasteiger partial charge in [-0.1, -0.05) is 0 Å². The van der Waals surface area contributed by atoms with E-state index >= 15 is 0 Å². The lowest BCUT2D eigenvalue weighted by atomic mass is 9.79. The van der Waals surface area contributed by atoms with Crippen molar-refractivity contribution in [3.05, 3.63) is 0 Å². The van der Waals surface area contributed by atoms with Gasteiger partial charge in [-0.25, -0.2) is 0 Å². The Morgan fingerprint density at radius 2 is 2.25 bits per heavy atom. The van der Waals surface area contributed by atoms with Crippen molar-refractivity contribution in [1.29, 1.82) is 0 Å². The highest BCUT2D eigenvalue weighted by molar-refractivity contribution is 5.81. The van der Waals surface area contributed by atoms with Crippen LogP contribution in [0.2, 0.25) is 0 Å². The molecule has 0 aromatic heterocycles. The molecule has 0 bridgehead atoms. The molecule has 2 rings (SSSR count). The van der Waals surface area contributed by atoms with Crippen LogP contribution in [0.5, 0.6) is 0 Å². The second kappa shape index (κ2) is 2.52. The van der Waals surface area contributed by atoms with Gasteiger partial charge in [-0.15, -0.1) is 0 Å². The molecule has 0 radical (unpaired) electrons. The molecule has 1 heterocycles. The molecule has 1 saturated heterocycles. The van der Waals surface area contributed by atoms with Crippen LogP contribution in [0.1, 0.15) is 19.3 Å². The highest BCUT2D eigenvalue weighted by Gasteiger charge is 2.52.